The number of hydrogen-bond acceptors (Lipinski definition) is 5. The van der Waals surface area contributed by atoms with Gasteiger partial charge >= 0.3 is 0 Å². The molecule has 2 unspecified atom stereocenters. The van der Waals surface area contributed by atoms with Crippen LogP contribution in [0.2, 0.25) is 0 Å². The first-order chi connectivity index (χ1) is 9.96. The third-order valence-corrected chi connectivity index (χ3v) is 6.92. The van der Waals surface area contributed by atoms with Crippen LogP contribution in [0.5, 0.6) is 0 Å². The molecule has 2 heterocycles. The molecule has 0 bridgehead atoms. The van der Waals surface area contributed by atoms with Gasteiger partial charge in [-0.25, -0.2) is 8.42 Å². The molecule has 2 atom stereocenters. The molecule has 0 radical (unpaired) electrons. The van der Waals surface area contributed by atoms with Gasteiger partial charge in [0.1, 0.15) is 10.3 Å². The lowest BCUT2D eigenvalue weighted by molar-refractivity contribution is -0.124. The molecule has 1 saturated heterocycles. The molecular weight excluding hydrogens is 310 g/mol. The fourth-order valence-electron chi connectivity index (χ4n) is 2.29. The molecule has 1 aromatic heterocycles. The molecule has 1 aliphatic rings. The highest BCUT2D eigenvalue weighted by Gasteiger charge is 2.39. The number of thiophene rings is 1. The van der Waals surface area contributed by atoms with Crippen LogP contribution in [-0.2, 0) is 14.8 Å². The molecule has 2 rings (SSSR count). The first kappa shape index (κ1) is 16.4. The van der Waals surface area contributed by atoms with Gasteiger partial charge in [0.05, 0.1) is 0 Å². The van der Waals surface area contributed by atoms with Gasteiger partial charge in [0, 0.05) is 19.1 Å². The molecule has 0 aromatic carbocycles. The summed E-state index contributed by atoms with van der Waals surface area (Å²) in [7, 11) is -1.74. The van der Waals surface area contributed by atoms with Gasteiger partial charge < -0.3 is 10.6 Å². The van der Waals surface area contributed by atoms with E-state index in [0.29, 0.717) is 30.1 Å². The average molecular weight is 331 g/mol. The van der Waals surface area contributed by atoms with Crippen molar-refractivity contribution in [3.63, 3.8) is 0 Å². The van der Waals surface area contributed by atoms with Gasteiger partial charge in [-0.1, -0.05) is 6.07 Å². The van der Waals surface area contributed by atoms with Gasteiger partial charge in [0.15, 0.2) is 0 Å². The minimum atomic E-state index is -3.56. The molecule has 0 aliphatic carbocycles. The topological polar surface area (TPSA) is 78.5 Å². The van der Waals surface area contributed by atoms with Crippen LogP contribution in [0.4, 0.5) is 0 Å². The highest BCUT2D eigenvalue weighted by Crippen LogP contribution is 2.28. The SMILES string of the molecule is CNC(C)CNC(=O)C1CCCN1S(=O)(=O)c1cccs1. The van der Waals surface area contributed by atoms with E-state index in [-0.39, 0.29) is 11.9 Å². The summed E-state index contributed by atoms with van der Waals surface area (Å²) < 4.78 is 26.7. The van der Waals surface area contributed by atoms with Crippen molar-refractivity contribution in [2.45, 2.75) is 36.1 Å². The Balaban J connectivity index is 2.08. The minimum Gasteiger partial charge on any atom is -0.353 e. The van der Waals surface area contributed by atoms with E-state index < -0.39 is 16.1 Å². The van der Waals surface area contributed by atoms with Gasteiger partial charge in [-0.15, -0.1) is 11.3 Å². The van der Waals surface area contributed by atoms with Crippen LogP contribution < -0.4 is 10.6 Å². The Bertz CT molecular complexity index is 571. The Morgan fingerprint density at radius 2 is 2.33 bits per heavy atom. The zero-order valence-electron chi connectivity index (χ0n) is 12.2. The van der Waals surface area contributed by atoms with Crippen molar-refractivity contribution >= 4 is 27.3 Å². The second-order valence-electron chi connectivity index (χ2n) is 5.14. The van der Waals surface area contributed by atoms with Crippen molar-refractivity contribution in [3.8, 4) is 0 Å². The molecule has 1 aromatic rings. The Labute approximate surface area is 129 Å². The summed E-state index contributed by atoms with van der Waals surface area (Å²) in [6, 6.07) is 2.84. The molecule has 6 nitrogen and oxygen atoms in total. The Morgan fingerprint density at radius 1 is 1.57 bits per heavy atom. The monoisotopic (exact) mass is 331 g/mol. The summed E-state index contributed by atoms with van der Waals surface area (Å²) in [5, 5.41) is 7.58. The van der Waals surface area contributed by atoms with Crippen molar-refractivity contribution in [3.05, 3.63) is 17.5 Å². The van der Waals surface area contributed by atoms with Crippen LogP contribution in [0.3, 0.4) is 0 Å². The molecule has 1 amide bonds. The van der Waals surface area contributed by atoms with Crippen LogP contribution in [0.25, 0.3) is 0 Å². The van der Waals surface area contributed by atoms with Crippen molar-refractivity contribution < 1.29 is 13.2 Å². The van der Waals surface area contributed by atoms with Crippen LogP contribution in [0.15, 0.2) is 21.7 Å². The maximum Gasteiger partial charge on any atom is 0.253 e. The van der Waals surface area contributed by atoms with E-state index >= 15 is 0 Å². The predicted molar refractivity (Wildman–Crippen MR) is 82.8 cm³/mol. The second-order valence-corrected chi connectivity index (χ2v) is 8.21. The van der Waals surface area contributed by atoms with Crippen LogP contribution >= 0.6 is 11.3 Å². The van der Waals surface area contributed by atoms with E-state index in [2.05, 4.69) is 10.6 Å². The zero-order chi connectivity index (χ0) is 15.5. The fraction of sp³-hybridized carbons (Fsp3) is 0.615. The van der Waals surface area contributed by atoms with Gasteiger partial charge in [-0.3, -0.25) is 4.79 Å². The molecule has 0 spiro atoms. The second kappa shape index (κ2) is 6.87. The van der Waals surface area contributed by atoms with Gasteiger partial charge in [-0.05, 0) is 38.3 Å². The van der Waals surface area contributed by atoms with E-state index in [1.807, 2.05) is 14.0 Å². The zero-order valence-corrected chi connectivity index (χ0v) is 13.8. The van der Waals surface area contributed by atoms with Gasteiger partial charge in [-0.2, -0.15) is 4.31 Å². The number of likely N-dealkylation sites (N-methyl/N-ethyl adjacent to an activating group) is 1. The third-order valence-electron chi connectivity index (χ3n) is 3.64. The lowest BCUT2D eigenvalue weighted by Gasteiger charge is -2.23. The molecule has 118 valence electrons. The first-order valence-corrected chi connectivity index (χ1v) is 9.29. The summed E-state index contributed by atoms with van der Waals surface area (Å²) >= 11 is 1.18. The Kier molecular flexibility index (Phi) is 5.37. The Morgan fingerprint density at radius 3 is 2.95 bits per heavy atom. The van der Waals surface area contributed by atoms with Gasteiger partial charge in [0.25, 0.3) is 10.0 Å². The number of carbonyl (C=O) groups is 1. The summed E-state index contributed by atoms with van der Waals surface area (Å²) in [6.45, 7) is 2.84. The Hall–Kier alpha value is -0.960. The van der Waals surface area contributed by atoms with E-state index in [9.17, 15) is 13.2 Å². The number of carbonyl (C=O) groups excluding carboxylic acids is 1. The summed E-state index contributed by atoms with van der Waals surface area (Å²) in [4.78, 5) is 12.3. The largest absolute Gasteiger partial charge is 0.353 e. The highest BCUT2D eigenvalue weighted by atomic mass is 32.2. The third kappa shape index (κ3) is 3.63. The standard InChI is InChI=1S/C13H21N3O3S2/c1-10(14-2)9-15-13(17)11-5-3-7-16(11)21(18,19)12-6-4-8-20-12/h4,6,8,10-11,14H,3,5,7,9H2,1-2H3,(H,15,17). The number of nitrogens with one attached hydrogen (secondary N) is 2. The van der Waals surface area contributed by atoms with Gasteiger partial charge in [0.2, 0.25) is 5.91 Å². The molecule has 1 aliphatic heterocycles. The minimum absolute atomic E-state index is 0.151. The lowest BCUT2D eigenvalue weighted by Crippen LogP contribution is -2.48. The highest BCUT2D eigenvalue weighted by molar-refractivity contribution is 7.91. The van der Waals surface area contributed by atoms with E-state index in [0.717, 1.165) is 0 Å². The summed E-state index contributed by atoms with van der Waals surface area (Å²) in [5.41, 5.74) is 0. The molecule has 0 saturated carbocycles. The predicted octanol–water partition coefficient (Wildman–Crippen LogP) is 0.625. The number of rotatable bonds is 6. The van der Waals surface area contributed by atoms with E-state index in [1.54, 1.807) is 17.5 Å². The van der Waals surface area contributed by atoms with E-state index in [4.69, 9.17) is 0 Å². The number of sulfonamides is 1. The smallest absolute Gasteiger partial charge is 0.253 e. The number of amides is 1. The van der Waals surface area contributed by atoms with Crippen molar-refractivity contribution in [1.29, 1.82) is 0 Å². The molecule has 21 heavy (non-hydrogen) atoms. The molecule has 8 heteroatoms. The number of hydrogen-bond donors (Lipinski definition) is 2. The maximum absolute atomic E-state index is 12.5. The van der Waals surface area contributed by atoms with Crippen LogP contribution in [0, 0.1) is 0 Å². The molecule has 2 N–H and O–H groups in total. The normalized spacial score (nSPS) is 21.3. The van der Waals surface area contributed by atoms with Crippen molar-refractivity contribution in [2.24, 2.45) is 0 Å². The first-order valence-electron chi connectivity index (χ1n) is 6.97. The summed E-state index contributed by atoms with van der Waals surface area (Å²) in [6.07, 6.45) is 1.29. The quantitative estimate of drug-likeness (QED) is 0.801. The fourth-order valence-corrected chi connectivity index (χ4v) is 5.07. The maximum atomic E-state index is 12.5. The molecule has 1 fully saturated rings. The van der Waals surface area contributed by atoms with Crippen LogP contribution in [0.1, 0.15) is 19.8 Å². The van der Waals surface area contributed by atoms with Crippen molar-refractivity contribution in [2.75, 3.05) is 20.1 Å². The van der Waals surface area contributed by atoms with E-state index in [1.165, 1.54) is 15.6 Å². The summed E-state index contributed by atoms with van der Waals surface area (Å²) in [5.74, 6) is -0.213. The molecular formula is C13H21N3O3S2. The van der Waals surface area contributed by atoms with Crippen LogP contribution in [-0.4, -0.2) is 50.9 Å². The lowest BCUT2D eigenvalue weighted by atomic mass is 10.2. The number of nitrogens with zero attached hydrogens (tertiary/aromatic N) is 1. The average Bonchev–Trinajstić information content (AvgIpc) is 3.14. The van der Waals surface area contributed by atoms with Crippen molar-refractivity contribution in [1.82, 2.24) is 14.9 Å².